The minimum Gasteiger partial charge on any atom is -0.477 e. The second-order valence-electron chi connectivity index (χ2n) is 5.31. The molecule has 1 atom stereocenters. The Hall–Kier alpha value is -1.36. The van der Waals surface area contributed by atoms with Gasteiger partial charge in [-0.05, 0) is 13.3 Å². The molecule has 2 rings (SSSR count). The Morgan fingerprint density at radius 3 is 2.79 bits per heavy atom. The van der Waals surface area contributed by atoms with Crippen LogP contribution in [0.2, 0.25) is 0 Å². The summed E-state index contributed by atoms with van der Waals surface area (Å²) in [6.07, 6.45) is 1.07. The molecule has 1 unspecified atom stereocenters. The molecular weight excluding hydrogens is 242 g/mol. The average molecular weight is 265 g/mol. The summed E-state index contributed by atoms with van der Waals surface area (Å²) in [6.45, 7) is 8.45. The molecule has 1 aromatic heterocycles. The first-order valence-corrected chi connectivity index (χ1v) is 6.88. The van der Waals surface area contributed by atoms with Crippen LogP contribution in [-0.4, -0.2) is 36.8 Å². The van der Waals surface area contributed by atoms with Gasteiger partial charge in [0.1, 0.15) is 11.6 Å². The predicted molar refractivity (Wildman–Crippen MR) is 74.8 cm³/mol. The van der Waals surface area contributed by atoms with Crippen molar-refractivity contribution in [3.05, 3.63) is 11.4 Å². The van der Waals surface area contributed by atoms with Gasteiger partial charge in [-0.1, -0.05) is 13.8 Å². The summed E-state index contributed by atoms with van der Waals surface area (Å²) in [4.78, 5) is 9.03. The van der Waals surface area contributed by atoms with Crippen molar-refractivity contribution in [2.75, 3.05) is 32.2 Å². The van der Waals surface area contributed by atoms with Gasteiger partial charge in [0.05, 0.1) is 18.8 Å². The topological polar surface area (TPSA) is 56.3 Å². The van der Waals surface area contributed by atoms with E-state index in [2.05, 4.69) is 29.1 Å². The average Bonchev–Trinajstić information content (AvgIpc) is 2.90. The summed E-state index contributed by atoms with van der Waals surface area (Å²) in [7, 11) is 1.87. The highest BCUT2D eigenvalue weighted by molar-refractivity contribution is 5.48. The van der Waals surface area contributed by atoms with Crippen LogP contribution in [0.3, 0.4) is 0 Å². The third kappa shape index (κ3) is 3.35. The lowest BCUT2D eigenvalue weighted by molar-refractivity contribution is 0.165. The minimum atomic E-state index is 0.282. The number of ether oxygens (including phenoxy) is 2. The normalized spacial score (nSPS) is 18.9. The summed E-state index contributed by atoms with van der Waals surface area (Å²) in [5, 5.41) is 3.10. The zero-order valence-electron chi connectivity index (χ0n) is 12.2. The first kappa shape index (κ1) is 14.1. The molecule has 0 saturated carbocycles. The molecule has 1 N–H and O–H groups in total. The Bertz CT molecular complexity index is 429. The van der Waals surface area contributed by atoms with Gasteiger partial charge in [0, 0.05) is 25.5 Å². The zero-order valence-corrected chi connectivity index (χ0v) is 12.2. The summed E-state index contributed by atoms with van der Waals surface area (Å²) >= 11 is 0. The van der Waals surface area contributed by atoms with Crippen LogP contribution >= 0.6 is 0 Å². The maximum atomic E-state index is 5.88. The fourth-order valence-corrected chi connectivity index (χ4v) is 2.07. The highest BCUT2D eigenvalue weighted by Crippen LogP contribution is 2.25. The van der Waals surface area contributed by atoms with Crippen molar-refractivity contribution in [1.82, 2.24) is 9.97 Å². The van der Waals surface area contributed by atoms with Crippen molar-refractivity contribution in [3.8, 4) is 5.88 Å². The van der Waals surface area contributed by atoms with E-state index in [1.165, 1.54) is 0 Å². The van der Waals surface area contributed by atoms with Gasteiger partial charge in [0.2, 0.25) is 5.88 Å². The monoisotopic (exact) mass is 265 g/mol. The van der Waals surface area contributed by atoms with Crippen LogP contribution in [0.4, 0.5) is 5.82 Å². The second kappa shape index (κ2) is 6.19. The van der Waals surface area contributed by atoms with Crippen molar-refractivity contribution in [2.45, 2.75) is 33.1 Å². The van der Waals surface area contributed by atoms with Crippen LogP contribution in [0, 0.1) is 12.8 Å². The van der Waals surface area contributed by atoms with Gasteiger partial charge < -0.3 is 14.8 Å². The first-order valence-electron chi connectivity index (χ1n) is 6.88. The van der Waals surface area contributed by atoms with E-state index >= 15 is 0 Å². The van der Waals surface area contributed by atoms with Crippen LogP contribution in [0.5, 0.6) is 5.88 Å². The van der Waals surface area contributed by atoms with E-state index < -0.39 is 0 Å². The molecule has 5 nitrogen and oxygen atoms in total. The molecule has 0 radical (unpaired) electrons. The summed E-state index contributed by atoms with van der Waals surface area (Å²) in [5.41, 5.74) is 0.964. The minimum absolute atomic E-state index is 0.282. The number of hydrogen-bond donors (Lipinski definition) is 1. The van der Waals surface area contributed by atoms with Crippen molar-refractivity contribution in [3.63, 3.8) is 0 Å². The van der Waals surface area contributed by atoms with Gasteiger partial charge in [-0.2, -0.15) is 4.98 Å². The molecule has 1 aliphatic heterocycles. The van der Waals surface area contributed by atoms with Crippen LogP contribution in [-0.2, 0) is 4.74 Å². The summed E-state index contributed by atoms with van der Waals surface area (Å²) in [6, 6.07) is 0. The molecule has 0 aromatic carbocycles. The lowest BCUT2D eigenvalue weighted by Crippen LogP contribution is -2.15. The quantitative estimate of drug-likeness (QED) is 0.885. The zero-order chi connectivity index (χ0) is 13.8. The lowest BCUT2D eigenvalue weighted by Gasteiger charge is -2.16. The van der Waals surface area contributed by atoms with Crippen LogP contribution in [0.1, 0.15) is 37.6 Å². The number of anilines is 1. The van der Waals surface area contributed by atoms with Gasteiger partial charge in [0.15, 0.2) is 0 Å². The maximum Gasteiger partial charge on any atom is 0.221 e. The Balaban J connectivity index is 2.14. The summed E-state index contributed by atoms with van der Waals surface area (Å²) < 4.78 is 11.2. The number of rotatable bonds is 5. The number of nitrogens with one attached hydrogen (secondary N) is 1. The number of hydrogen-bond acceptors (Lipinski definition) is 5. The van der Waals surface area contributed by atoms with Gasteiger partial charge >= 0.3 is 0 Å². The Labute approximate surface area is 114 Å². The van der Waals surface area contributed by atoms with Crippen LogP contribution in [0.25, 0.3) is 0 Å². The molecule has 0 bridgehead atoms. The van der Waals surface area contributed by atoms with Crippen molar-refractivity contribution < 1.29 is 9.47 Å². The molecule has 0 spiro atoms. The standard InChI is InChI=1S/C14H23N3O2/c1-9(2)12-16-13(15-4)10(3)14(17-12)19-8-11-5-6-18-7-11/h9,11H,5-8H2,1-4H3,(H,15,16,17). The van der Waals surface area contributed by atoms with E-state index in [0.717, 1.165) is 36.8 Å². The van der Waals surface area contributed by atoms with E-state index in [9.17, 15) is 0 Å². The lowest BCUT2D eigenvalue weighted by atomic mass is 10.1. The van der Waals surface area contributed by atoms with E-state index in [1.54, 1.807) is 0 Å². The second-order valence-corrected chi connectivity index (χ2v) is 5.31. The van der Waals surface area contributed by atoms with Crippen LogP contribution in [0.15, 0.2) is 0 Å². The third-order valence-corrected chi connectivity index (χ3v) is 3.35. The molecule has 5 heteroatoms. The van der Waals surface area contributed by atoms with E-state index in [-0.39, 0.29) is 5.92 Å². The third-order valence-electron chi connectivity index (χ3n) is 3.35. The van der Waals surface area contributed by atoms with Gasteiger partial charge in [0.25, 0.3) is 0 Å². The van der Waals surface area contributed by atoms with Gasteiger partial charge in [-0.15, -0.1) is 0 Å². The van der Waals surface area contributed by atoms with Crippen molar-refractivity contribution in [2.24, 2.45) is 5.92 Å². The largest absolute Gasteiger partial charge is 0.477 e. The molecule has 1 aliphatic rings. The Morgan fingerprint density at radius 2 is 2.21 bits per heavy atom. The molecule has 1 aromatic rings. The highest BCUT2D eigenvalue weighted by atomic mass is 16.5. The Kier molecular flexibility index (Phi) is 4.58. The molecule has 19 heavy (non-hydrogen) atoms. The summed E-state index contributed by atoms with van der Waals surface area (Å²) in [5.74, 6) is 3.11. The van der Waals surface area contributed by atoms with Crippen molar-refractivity contribution in [1.29, 1.82) is 0 Å². The first-order chi connectivity index (χ1) is 9.11. The van der Waals surface area contributed by atoms with Gasteiger partial charge in [-0.3, -0.25) is 0 Å². The highest BCUT2D eigenvalue weighted by Gasteiger charge is 2.19. The SMILES string of the molecule is CNc1nc(C(C)C)nc(OCC2CCOC2)c1C. The molecule has 1 saturated heterocycles. The number of aromatic nitrogens is 2. The smallest absolute Gasteiger partial charge is 0.221 e. The van der Waals surface area contributed by atoms with E-state index in [1.807, 2.05) is 14.0 Å². The molecule has 1 fully saturated rings. The fraction of sp³-hybridized carbons (Fsp3) is 0.714. The predicted octanol–water partition coefficient (Wildman–Crippen LogP) is 2.37. The molecule has 0 amide bonds. The van der Waals surface area contributed by atoms with Crippen molar-refractivity contribution >= 4 is 5.82 Å². The maximum absolute atomic E-state index is 5.88. The Morgan fingerprint density at radius 1 is 1.42 bits per heavy atom. The van der Waals surface area contributed by atoms with E-state index in [4.69, 9.17) is 9.47 Å². The van der Waals surface area contributed by atoms with Gasteiger partial charge in [-0.25, -0.2) is 4.98 Å². The molecule has 106 valence electrons. The fourth-order valence-electron chi connectivity index (χ4n) is 2.07. The van der Waals surface area contributed by atoms with Crippen LogP contribution < -0.4 is 10.1 Å². The molecule has 2 heterocycles. The molecule has 0 aliphatic carbocycles. The number of nitrogens with zero attached hydrogens (tertiary/aromatic N) is 2. The van der Waals surface area contributed by atoms with E-state index in [0.29, 0.717) is 18.4 Å². The molecular formula is C14H23N3O2.